The molecule has 1 aliphatic rings. The molecular formula is C20H23N5O2S. The van der Waals surface area contributed by atoms with Crippen molar-refractivity contribution in [3.63, 3.8) is 0 Å². The fraction of sp³-hybridized carbons (Fsp3) is 0.400. The Balaban J connectivity index is 1.44. The van der Waals surface area contributed by atoms with Crippen molar-refractivity contribution in [2.75, 3.05) is 13.1 Å². The maximum atomic E-state index is 12.6. The number of piperidine rings is 1. The summed E-state index contributed by atoms with van der Waals surface area (Å²) in [5, 5.41) is 9.59. The molecule has 1 N–H and O–H groups in total. The number of hydrogen-bond acceptors (Lipinski definition) is 5. The minimum absolute atomic E-state index is 0.0133. The second-order valence-electron chi connectivity index (χ2n) is 7.26. The summed E-state index contributed by atoms with van der Waals surface area (Å²) in [6, 6.07) is 7.81. The molecule has 0 bridgehead atoms. The first-order valence-corrected chi connectivity index (χ1v) is 10.3. The summed E-state index contributed by atoms with van der Waals surface area (Å²) in [7, 11) is 0. The predicted octanol–water partition coefficient (Wildman–Crippen LogP) is 2.73. The number of thiazole rings is 1. The average Bonchev–Trinajstić information content (AvgIpc) is 3.28. The Kier molecular flexibility index (Phi) is 5.13. The number of H-pyrrole nitrogens is 1. The molecule has 0 saturated carbocycles. The van der Waals surface area contributed by atoms with Crippen LogP contribution >= 0.6 is 11.3 Å². The van der Waals surface area contributed by atoms with E-state index in [0.717, 1.165) is 34.9 Å². The highest BCUT2D eigenvalue weighted by molar-refractivity contribution is 7.09. The molecular weight excluding hydrogens is 374 g/mol. The largest absolute Gasteiger partial charge is 0.347 e. The number of aryl methyl sites for hydroxylation is 2. The smallest absolute Gasteiger partial charge is 0.337 e. The van der Waals surface area contributed by atoms with Crippen molar-refractivity contribution in [3.05, 3.63) is 62.2 Å². The Hall–Kier alpha value is -2.74. The molecule has 1 aliphatic heterocycles. The highest BCUT2D eigenvalue weighted by Crippen LogP contribution is 2.23. The van der Waals surface area contributed by atoms with Gasteiger partial charge < -0.3 is 4.90 Å². The summed E-state index contributed by atoms with van der Waals surface area (Å²) >= 11 is 1.50. The van der Waals surface area contributed by atoms with E-state index in [1.807, 2.05) is 48.4 Å². The fourth-order valence-corrected chi connectivity index (χ4v) is 4.34. The number of aromatic nitrogens is 4. The lowest BCUT2D eigenvalue weighted by Crippen LogP contribution is -2.39. The molecule has 1 fully saturated rings. The van der Waals surface area contributed by atoms with Crippen molar-refractivity contribution in [2.45, 2.75) is 33.1 Å². The number of amides is 1. The van der Waals surface area contributed by atoms with E-state index in [9.17, 15) is 9.59 Å². The van der Waals surface area contributed by atoms with Crippen LogP contribution in [0, 0.1) is 19.8 Å². The molecule has 3 aromatic rings. The number of rotatable bonds is 4. The molecule has 0 spiro atoms. The molecule has 1 saturated heterocycles. The van der Waals surface area contributed by atoms with Gasteiger partial charge in [-0.1, -0.05) is 18.2 Å². The predicted molar refractivity (Wildman–Crippen MR) is 108 cm³/mol. The SMILES string of the molecule is Cc1nc(C(=O)N2CCC(Cc3n[nH]c(=O)n3-c3ccccc3C)CC2)cs1. The van der Waals surface area contributed by atoms with Crippen LogP contribution in [0.4, 0.5) is 0 Å². The van der Waals surface area contributed by atoms with Crippen molar-refractivity contribution < 1.29 is 4.79 Å². The lowest BCUT2D eigenvalue weighted by molar-refractivity contribution is 0.0684. The second-order valence-corrected chi connectivity index (χ2v) is 8.32. The van der Waals surface area contributed by atoms with Crippen molar-refractivity contribution in [2.24, 2.45) is 5.92 Å². The molecule has 8 heteroatoms. The number of benzene rings is 1. The third-order valence-corrected chi connectivity index (χ3v) is 6.08. The van der Waals surface area contributed by atoms with E-state index in [1.165, 1.54) is 11.3 Å². The minimum atomic E-state index is -0.212. The van der Waals surface area contributed by atoms with Crippen LogP contribution in [0.2, 0.25) is 0 Å². The lowest BCUT2D eigenvalue weighted by Gasteiger charge is -2.31. The third-order valence-electron chi connectivity index (χ3n) is 5.31. The van der Waals surface area contributed by atoms with E-state index in [2.05, 4.69) is 15.2 Å². The van der Waals surface area contributed by atoms with Crippen molar-refractivity contribution in [3.8, 4) is 5.69 Å². The van der Waals surface area contributed by atoms with Gasteiger partial charge >= 0.3 is 5.69 Å². The van der Waals surface area contributed by atoms with Crippen LogP contribution in [0.1, 0.15) is 39.7 Å². The summed E-state index contributed by atoms with van der Waals surface area (Å²) in [4.78, 5) is 31.1. The van der Waals surface area contributed by atoms with Gasteiger partial charge in [0.1, 0.15) is 11.5 Å². The van der Waals surface area contributed by atoms with Crippen LogP contribution < -0.4 is 5.69 Å². The molecule has 0 aliphatic carbocycles. The molecule has 2 aromatic heterocycles. The first-order chi connectivity index (χ1) is 13.5. The molecule has 3 heterocycles. The standard InChI is InChI=1S/C20H23N5O2S/c1-13-5-3-4-6-17(13)25-18(22-23-20(25)27)11-15-7-9-24(10-8-15)19(26)16-12-28-14(2)21-16/h3-6,12,15H,7-11H2,1-2H3,(H,23,27). The maximum Gasteiger partial charge on any atom is 0.347 e. The van der Waals surface area contributed by atoms with Crippen molar-refractivity contribution in [1.29, 1.82) is 0 Å². The highest BCUT2D eigenvalue weighted by atomic mass is 32.1. The maximum absolute atomic E-state index is 12.6. The Morgan fingerprint density at radius 2 is 2.00 bits per heavy atom. The fourth-order valence-electron chi connectivity index (χ4n) is 3.75. The Morgan fingerprint density at radius 1 is 1.25 bits per heavy atom. The summed E-state index contributed by atoms with van der Waals surface area (Å²) in [6.45, 7) is 5.31. The summed E-state index contributed by atoms with van der Waals surface area (Å²) < 4.78 is 1.67. The van der Waals surface area contributed by atoms with Gasteiger partial charge in [0.2, 0.25) is 0 Å². The molecule has 1 aromatic carbocycles. The Morgan fingerprint density at radius 3 is 2.68 bits per heavy atom. The topological polar surface area (TPSA) is 83.9 Å². The van der Waals surface area contributed by atoms with Gasteiger partial charge in [0.15, 0.2) is 0 Å². The van der Waals surface area contributed by atoms with E-state index >= 15 is 0 Å². The van der Waals surface area contributed by atoms with E-state index < -0.39 is 0 Å². The van der Waals surface area contributed by atoms with E-state index in [0.29, 0.717) is 31.1 Å². The van der Waals surface area contributed by atoms with Gasteiger partial charge in [-0.15, -0.1) is 11.3 Å². The van der Waals surface area contributed by atoms with Gasteiger partial charge in [0.25, 0.3) is 5.91 Å². The summed E-state index contributed by atoms with van der Waals surface area (Å²) in [5.74, 6) is 1.15. The Bertz CT molecular complexity index is 1040. The normalized spacial score (nSPS) is 15.1. The van der Waals surface area contributed by atoms with Gasteiger partial charge in [-0.05, 0) is 44.2 Å². The van der Waals surface area contributed by atoms with Crippen LogP contribution in [0.15, 0.2) is 34.4 Å². The van der Waals surface area contributed by atoms with Gasteiger partial charge in [0.05, 0.1) is 10.7 Å². The van der Waals surface area contributed by atoms with Gasteiger partial charge in [-0.3, -0.25) is 4.79 Å². The van der Waals surface area contributed by atoms with E-state index in [1.54, 1.807) is 4.57 Å². The second kappa shape index (κ2) is 7.71. The summed E-state index contributed by atoms with van der Waals surface area (Å²) in [6.07, 6.45) is 2.50. The number of nitrogens with zero attached hydrogens (tertiary/aromatic N) is 4. The van der Waals surface area contributed by atoms with E-state index in [-0.39, 0.29) is 11.6 Å². The van der Waals surface area contributed by atoms with Crippen LogP contribution in [0.25, 0.3) is 5.69 Å². The molecule has 1 amide bonds. The van der Waals surface area contributed by atoms with Crippen LogP contribution in [0.3, 0.4) is 0 Å². The highest BCUT2D eigenvalue weighted by Gasteiger charge is 2.26. The van der Waals surface area contributed by atoms with Crippen LogP contribution in [0.5, 0.6) is 0 Å². The van der Waals surface area contributed by atoms with E-state index in [4.69, 9.17) is 0 Å². The number of carbonyl (C=O) groups excluding carboxylic acids is 1. The molecule has 0 radical (unpaired) electrons. The van der Waals surface area contributed by atoms with Gasteiger partial charge in [-0.25, -0.2) is 19.4 Å². The van der Waals surface area contributed by atoms with Crippen LogP contribution in [-0.2, 0) is 6.42 Å². The summed E-state index contributed by atoms with van der Waals surface area (Å²) in [5.41, 5.74) is 2.23. The van der Waals surface area contributed by atoms with Gasteiger partial charge in [-0.2, -0.15) is 5.10 Å². The number of nitrogens with one attached hydrogen (secondary N) is 1. The molecule has 0 unspecified atom stereocenters. The number of hydrogen-bond donors (Lipinski definition) is 1. The van der Waals surface area contributed by atoms with Crippen molar-refractivity contribution in [1.82, 2.24) is 24.6 Å². The Labute approximate surface area is 167 Å². The van der Waals surface area contributed by atoms with Crippen LogP contribution in [-0.4, -0.2) is 43.6 Å². The number of carbonyl (C=O) groups is 1. The number of likely N-dealkylation sites (tertiary alicyclic amines) is 1. The third kappa shape index (κ3) is 3.64. The average molecular weight is 398 g/mol. The molecule has 28 heavy (non-hydrogen) atoms. The zero-order valence-electron chi connectivity index (χ0n) is 16.0. The molecule has 0 atom stereocenters. The quantitative estimate of drug-likeness (QED) is 0.734. The minimum Gasteiger partial charge on any atom is -0.337 e. The first-order valence-electron chi connectivity index (χ1n) is 9.46. The zero-order chi connectivity index (χ0) is 19.7. The van der Waals surface area contributed by atoms with Gasteiger partial charge in [0, 0.05) is 24.9 Å². The lowest BCUT2D eigenvalue weighted by atomic mass is 9.93. The first kappa shape index (κ1) is 18.6. The molecule has 7 nitrogen and oxygen atoms in total. The number of para-hydroxylation sites is 1. The monoisotopic (exact) mass is 397 g/mol. The molecule has 4 rings (SSSR count). The number of aromatic amines is 1. The molecule has 146 valence electrons. The zero-order valence-corrected chi connectivity index (χ0v) is 16.8. The van der Waals surface area contributed by atoms with Crippen molar-refractivity contribution >= 4 is 17.2 Å².